The molecule has 0 aliphatic carbocycles. The minimum absolute atomic E-state index is 0.119. The van der Waals surface area contributed by atoms with Crippen molar-refractivity contribution in [2.45, 2.75) is 18.7 Å². The molecular weight excluding hydrogens is 458 g/mol. The van der Waals surface area contributed by atoms with Crippen molar-refractivity contribution in [3.05, 3.63) is 88.4 Å². The number of hydrogen-bond donors (Lipinski definition) is 2. The predicted molar refractivity (Wildman–Crippen MR) is 132 cm³/mol. The quantitative estimate of drug-likeness (QED) is 0.356. The summed E-state index contributed by atoms with van der Waals surface area (Å²) < 4.78 is 29.0. The van der Waals surface area contributed by atoms with E-state index in [0.717, 1.165) is 5.69 Å². The highest BCUT2D eigenvalue weighted by Crippen LogP contribution is 2.40. The average molecular weight is 482 g/mol. The number of aromatic carboxylic acids is 1. The summed E-state index contributed by atoms with van der Waals surface area (Å²) in [5, 5.41) is 16.8. The topological polar surface area (TPSA) is 91.6 Å². The van der Waals surface area contributed by atoms with Crippen LogP contribution in [0.1, 0.15) is 21.7 Å². The number of para-hydroxylation sites is 1. The molecule has 0 aliphatic heterocycles. The van der Waals surface area contributed by atoms with Crippen LogP contribution in [0.25, 0.3) is 0 Å². The number of nitrogens with one attached hydrogen (secondary N) is 1. The van der Waals surface area contributed by atoms with Crippen LogP contribution in [0, 0.1) is 13.8 Å². The smallest absolute Gasteiger partial charge is 0.335 e. The Hall–Kier alpha value is -3.56. The van der Waals surface area contributed by atoms with Crippen LogP contribution in [0.5, 0.6) is 0 Å². The van der Waals surface area contributed by atoms with E-state index >= 15 is 0 Å². The molecule has 4 rings (SSSR count). The predicted octanol–water partition coefficient (Wildman–Crippen LogP) is 5.61. The molecule has 2 N–H and O–H groups in total. The van der Waals surface area contributed by atoms with Gasteiger partial charge in [0.2, 0.25) is 0 Å². The monoisotopic (exact) mass is 481 g/mol. The van der Waals surface area contributed by atoms with Crippen molar-refractivity contribution in [2.24, 2.45) is 0 Å². The van der Waals surface area contributed by atoms with E-state index in [1.165, 1.54) is 27.4 Å². The second kappa shape index (κ2) is 8.76. The van der Waals surface area contributed by atoms with Crippen molar-refractivity contribution in [3.8, 4) is 0 Å². The van der Waals surface area contributed by atoms with Crippen LogP contribution in [0.15, 0.2) is 76.3 Å². The second-order valence-electron chi connectivity index (χ2n) is 7.59. The molecule has 2 heterocycles. The van der Waals surface area contributed by atoms with Gasteiger partial charge in [-0.1, -0.05) is 18.2 Å². The van der Waals surface area contributed by atoms with E-state index in [2.05, 4.69) is 5.32 Å². The van der Waals surface area contributed by atoms with E-state index in [4.69, 9.17) is 0 Å². The fourth-order valence-corrected chi connectivity index (χ4v) is 6.14. The zero-order valence-electron chi connectivity index (χ0n) is 18.3. The van der Waals surface area contributed by atoms with E-state index in [0.29, 0.717) is 28.5 Å². The van der Waals surface area contributed by atoms with Crippen LogP contribution < -0.4 is 10.2 Å². The molecule has 0 amide bonds. The maximum absolute atomic E-state index is 13.9. The lowest BCUT2D eigenvalue weighted by Gasteiger charge is -2.25. The number of carboxylic acids is 1. The molecule has 4 aromatic rings. The Labute approximate surface area is 196 Å². The van der Waals surface area contributed by atoms with Crippen molar-refractivity contribution < 1.29 is 18.3 Å². The van der Waals surface area contributed by atoms with Gasteiger partial charge >= 0.3 is 5.97 Å². The van der Waals surface area contributed by atoms with E-state index in [1.807, 2.05) is 47.2 Å². The second-order valence-corrected chi connectivity index (χ2v) is 10.1. The highest BCUT2D eigenvalue weighted by molar-refractivity contribution is 7.90. The number of aryl methyl sites for hydroxylation is 2. The number of carboxylic acid groups (broad SMARTS) is 1. The van der Waals surface area contributed by atoms with Crippen molar-refractivity contribution in [1.29, 1.82) is 0 Å². The van der Waals surface area contributed by atoms with Gasteiger partial charge in [0.05, 0.1) is 22.6 Å². The lowest BCUT2D eigenvalue weighted by Crippen LogP contribution is -2.20. The van der Waals surface area contributed by atoms with Crippen LogP contribution in [0.2, 0.25) is 0 Å². The Bertz CT molecular complexity index is 1390. The molecule has 0 bridgehead atoms. The lowest BCUT2D eigenvalue weighted by atomic mass is 10.1. The molecule has 0 spiro atoms. The largest absolute Gasteiger partial charge is 0.478 e. The normalized spacial score (nSPS) is 11.4. The lowest BCUT2D eigenvalue weighted by molar-refractivity contribution is 0.0696. The van der Waals surface area contributed by atoms with Gasteiger partial charge in [0.1, 0.15) is 4.90 Å². The van der Waals surface area contributed by atoms with Gasteiger partial charge in [-0.3, -0.25) is 0 Å². The molecule has 0 aliphatic rings. The molecule has 33 heavy (non-hydrogen) atoms. The fourth-order valence-electron chi connectivity index (χ4n) is 3.70. The first-order chi connectivity index (χ1) is 15.7. The Balaban J connectivity index is 2.04. The first-order valence-electron chi connectivity index (χ1n) is 10.1. The maximum Gasteiger partial charge on any atom is 0.335 e. The van der Waals surface area contributed by atoms with Gasteiger partial charge in [-0.15, -0.1) is 0 Å². The minimum atomic E-state index is -4.12. The van der Waals surface area contributed by atoms with E-state index in [1.54, 1.807) is 37.9 Å². The van der Waals surface area contributed by atoms with Crippen molar-refractivity contribution in [1.82, 2.24) is 3.97 Å². The summed E-state index contributed by atoms with van der Waals surface area (Å²) >= 11 is 1.49. The highest BCUT2D eigenvalue weighted by atomic mass is 32.2. The van der Waals surface area contributed by atoms with Crippen molar-refractivity contribution in [3.63, 3.8) is 0 Å². The van der Waals surface area contributed by atoms with E-state index in [-0.39, 0.29) is 10.5 Å². The standard InChI is InChI=1S/C24H23N3O4S2/c1-16-9-10-17(2)27(16)33(30,31)22-14-18(24(28)29)13-21(26(3)20-11-12-32-15-20)23(22)25-19-7-5-4-6-8-19/h4-15,25H,1-3H3,(H,28,29). The SMILES string of the molecule is Cc1ccc(C)n1S(=O)(=O)c1cc(C(=O)O)cc(N(C)c2ccsc2)c1Nc1ccccc1. The van der Waals surface area contributed by atoms with Gasteiger partial charge in [0.15, 0.2) is 0 Å². The summed E-state index contributed by atoms with van der Waals surface area (Å²) in [7, 11) is -2.34. The Morgan fingerprint density at radius 3 is 2.27 bits per heavy atom. The molecule has 2 aromatic heterocycles. The van der Waals surface area contributed by atoms with Gasteiger partial charge in [0, 0.05) is 29.5 Å². The van der Waals surface area contributed by atoms with Crippen LogP contribution in [0.3, 0.4) is 0 Å². The van der Waals surface area contributed by atoms with Crippen LogP contribution in [-0.4, -0.2) is 30.5 Å². The van der Waals surface area contributed by atoms with Crippen molar-refractivity contribution >= 4 is 50.1 Å². The Morgan fingerprint density at radius 2 is 1.70 bits per heavy atom. The summed E-state index contributed by atoms with van der Waals surface area (Å²) in [4.78, 5) is 13.7. The number of thiophene rings is 1. The molecule has 7 nitrogen and oxygen atoms in total. The molecular formula is C24H23N3O4S2. The molecule has 9 heteroatoms. The summed E-state index contributed by atoms with van der Waals surface area (Å²) in [5.74, 6) is -1.21. The van der Waals surface area contributed by atoms with Crippen LogP contribution in [-0.2, 0) is 10.0 Å². The molecule has 0 saturated heterocycles. The minimum Gasteiger partial charge on any atom is -0.478 e. The number of rotatable bonds is 7. The number of aromatic nitrogens is 1. The third-order valence-corrected chi connectivity index (χ3v) is 7.96. The number of benzene rings is 2. The Morgan fingerprint density at radius 1 is 1.03 bits per heavy atom. The molecule has 2 aromatic carbocycles. The van der Waals surface area contributed by atoms with Crippen LogP contribution in [0.4, 0.5) is 22.7 Å². The fraction of sp³-hybridized carbons (Fsp3) is 0.125. The third-order valence-electron chi connectivity index (χ3n) is 5.35. The third kappa shape index (κ3) is 4.24. The van der Waals surface area contributed by atoms with Gasteiger partial charge in [-0.05, 0) is 61.7 Å². The highest BCUT2D eigenvalue weighted by Gasteiger charge is 2.29. The zero-order valence-corrected chi connectivity index (χ0v) is 19.9. The molecule has 0 unspecified atom stereocenters. The van der Waals surface area contributed by atoms with Crippen LogP contribution >= 0.6 is 11.3 Å². The number of nitrogens with zero attached hydrogens (tertiary/aromatic N) is 2. The van der Waals surface area contributed by atoms with E-state index < -0.39 is 16.0 Å². The van der Waals surface area contributed by atoms with Gasteiger partial charge in [0.25, 0.3) is 10.0 Å². The van der Waals surface area contributed by atoms with Crippen molar-refractivity contribution in [2.75, 3.05) is 17.3 Å². The molecule has 0 fully saturated rings. The summed E-state index contributed by atoms with van der Waals surface area (Å²) in [6.45, 7) is 3.41. The zero-order chi connectivity index (χ0) is 23.8. The number of hydrogen-bond acceptors (Lipinski definition) is 6. The number of carbonyl (C=O) groups is 1. The van der Waals surface area contributed by atoms with Gasteiger partial charge < -0.3 is 15.3 Å². The first kappa shape index (κ1) is 22.6. The molecule has 0 saturated carbocycles. The van der Waals surface area contributed by atoms with Gasteiger partial charge in [-0.25, -0.2) is 17.2 Å². The first-order valence-corrected chi connectivity index (χ1v) is 12.5. The maximum atomic E-state index is 13.9. The number of anilines is 4. The summed E-state index contributed by atoms with van der Waals surface area (Å²) in [5.41, 5.74) is 3.17. The Kier molecular flexibility index (Phi) is 6.01. The summed E-state index contributed by atoms with van der Waals surface area (Å²) in [6.07, 6.45) is 0. The summed E-state index contributed by atoms with van der Waals surface area (Å²) in [6, 6.07) is 17.2. The molecule has 0 radical (unpaired) electrons. The molecule has 0 atom stereocenters. The van der Waals surface area contributed by atoms with Gasteiger partial charge in [-0.2, -0.15) is 11.3 Å². The van der Waals surface area contributed by atoms with E-state index in [9.17, 15) is 18.3 Å². The molecule has 170 valence electrons. The average Bonchev–Trinajstić information content (AvgIpc) is 3.44.